The fourth-order valence-electron chi connectivity index (χ4n) is 8.95. The molecule has 0 radical (unpaired) electrons. The summed E-state index contributed by atoms with van der Waals surface area (Å²) in [6.45, 7) is 12.7. The maximum absolute atomic E-state index is 12.7. The summed E-state index contributed by atoms with van der Waals surface area (Å²) in [5, 5.41) is 26.7. The topological polar surface area (TPSA) is 206 Å². The molecule has 6 N–H and O–H groups in total. The first-order chi connectivity index (χ1) is 29.0. The zero-order valence-corrected chi connectivity index (χ0v) is 37.8. The molecule has 5 aliphatic rings. The second kappa shape index (κ2) is 22.8. The van der Waals surface area contributed by atoms with Crippen molar-refractivity contribution < 1.29 is 48.0 Å². The third-order valence-electron chi connectivity index (χ3n) is 12.6. The van der Waals surface area contributed by atoms with E-state index < -0.39 is 35.5 Å². The summed E-state index contributed by atoms with van der Waals surface area (Å²) in [5.41, 5.74) is -0.228. The molecule has 0 aromatic heterocycles. The molecule has 5 saturated heterocycles. The van der Waals surface area contributed by atoms with Crippen LogP contribution in [0.15, 0.2) is 36.0 Å². The number of aliphatic hydroxyl groups is 1. The molecule has 0 aromatic carbocycles. The van der Waals surface area contributed by atoms with E-state index in [2.05, 4.69) is 39.6 Å². The van der Waals surface area contributed by atoms with Gasteiger partial charge < -0.3 is 50.6 Å². The Morgan fingerprint density at radius 2 is 1.74 bits per heavy atom. The molecule has 15 nitrogen and oxygen atoms in total. The molecule has 0 unspecified atom stereocenters. The van der Waals surface area contributed by atoms with Gasteiger partial charge >= 0.3 is 12.0 Å². The SMILES string of the molecule is CC(=O)O[C@@H](C)/C=C\C(=O)N[C@@H]1C[C@H](C)[C@H](C/C=C(C)/C=C/[C@H]2O[C@](C)(CCNC(=O)CCCCCNC(=O)CCCC[C@@H]3SC[C@@H]4NC(=O)N[C@@H]43)C[C@@]3(CO3)[C@@H]2O)O[C@@H]1C. The molecular formula is C45H71N5O10S. The van der Waals surface area contributed by atoms with Gasteiger partial charge in [-0.2, -0.15) is 11.8 Å². The van der Waals surface area contributed by atoms with Crippen LogP contribution in [-0.4, -0.2) is 125 Å². The highest BCUT2D eigenvalue weighted by Gasteiger charge is 2.61. The van der Waals surface area contributed by atoms with Crippen molar-refractivity contribution in [3.8, 4) is 0 Å². The summed E-state index contributed by atoms with van der Waals surface area (Å²) < 4.78 is 23.7. The fraction of sp³-hybridized carbons (Fsp3) is 0.756. The Morgan fingerprint density at radius 3 is 2.46 bits per heavy atom. The van der Waals surface area contributed by atoms with Gasteiger partial charge in [0, 0.05) is 56.4 Å². The van der Waals surface area contributed by atoms with Crippen molar-refractivity contribution >= 4 is 41.5 Å². The number of epoxide rings is 1. The number of carbonyl (C=O) groups excluding carboxylic acids is 5. The van der Waals surface area contributed by atoms with Crippen LogP contribution in [0.5, 0.6) is 0 Å². The van der Waals surface area contributed by atoms with Crippen LogP contribution in [0.3, 0.4) is 0 Å². The lowest BCUT2D eigenvalue weighted by atomic mass is 9.80. The number of unbranched alkanes of at least 4 members (excludes halogenated alkanes) is 3. The number of amides is 5. The van der Waals surface area contributed by atoms with Crippen LogP contribution in [0.25, 0.3) is 0 Å². The van der Waals surface area contributed by atoms with Gasteiger partial charge in [0.25, 0.3) is 0 Å². The molecule has 5 amide bonds. The minimum Gasteiger partial charge on any atom is -0.459 e. The van der Waals surface area contributed by atoms with E-state index in [1.165, 1.54) is 13.0 Å². The second-order valence-electron chi connectivity index (χ2n) is 18.1. The number of nitrogens with one attached hydrogen (secondary N) is 5. The van der Waals surface area contributed by atoms with Gasteiger partial charge in [-0.3, -0.25) is 19.2 Å². The highest BCUT2D eigenvalue weighted by atomic mass is 32.2. The number of thioether (sulfide) groups is 1. The van der Waals surface area contributed by atoms with Crippen LogP contribution in [0.2, 0.25) is 0 Å². The third kappa shape index (κ3) is 15.1. The van der Waals surface area contributed by atoms with E-state index in [9.17, 15) is 29.1 Å². The van der Waals surface area contributed by atoms with Crippen molar-refractivity contribution in [2.24, 2.45) is 5.92 Å². The summed E-state index contributed by atoms with van der Waals surface area (Å²) in [4.78, 5) is 60.1. The van der Waals surface area contributed by atoms with E-state index >= 15 is 0 Å². The molecule has 0 aromatic rings. The lowest BCUT2D eigenvalue weighted by molar-refractivity contribution is -0.181. The third-order valence-corrected chi connectivity index (χ3v) is 14.1. The molecule has 12 atom stereocenters. The van der Waals surface area contributed by atoms with Gasteiger partial charge in [-0.15, -0.1) is 0 Å². The number of hydrogen-bond acceptors (Lipinski definition) is 11. The summed E-state index contributed by atoms with van der Waals surface area (Å²) >= 11 is 1.90. The molecule has 1 spiro atoms. The maximum Gasteiger partial charge on any atom is 0.315 e. The standard InChI is InChI=1S/C45H71N5O10S/c1-28(15-18-35-29(2)24-33(31(4)59-35)48-40(54)20-17-30(3)58-32(5)51)16-19-36-42(55)45(27-57-45)26-44(6,60-36)21-23-47-39(53)13-8-7-11-22-46-38(52)14-10-9-12-37-41-34(25-61-37)49-43(56)50-41/h15-17,19-20,29-31,33-37,41-42,55H,7-14,18,21-27H2,1-6H3,(H,46,52)(H,47,53)(H,48,54)(H2,49,50,56)/b19-16+,20-17-,28-15+/t29-,30-,31+,33+,34-,35-,36+,37-,41-,42+,44+,45+/m0/s1. The molecular weight excluding hydrogens is 803 g/mol. The van der Waals surface area contributed by atoms with E-state index in [0.29, 0.717) is 57.1 Å². The minimum absolute atomic E-state index is 0.0106. The van der Waals surface area contributed by atoms with Crippen LogP contribution in [0, 0.1) is 5.92 Å². The average Bonchev–Trinajstić information content (AvgIpc) is 3.72. The normalized spacial score (nSPS) is 33.9. The van der Waals surface area contributed by atoms with Crippen molar-refractivity contribution in [3.05, 3.63) is 36.0 Å². The number of hydrogen-bond donors (Lipinski definition) is 6. The number of fused-ring (bicyclic) bond motifs is 1. The van der Waals surface area contributed by atoms with Gasteiger partial charge in [0.2, 0.25) is 17.7 Å². The van der Waals surface area contributed by atoms with Gasteiger partial charge in [-0.1, -0.05) is 43.6 Å². The van der Waals surface area contributed by atoms with Crippen LogP contribution < -0.4 is 26.6 Å². The number of aliphatic hydroxyl groups excluding tert-OH is 1. The molecule has 5 aliphatic heterocycles. The van der Waals surface area contributed by atoms with Gasteiger partial charge in [-0.05, 0) is 84.6 Å². The predicted octanol–water partition coefficient (Wildman–Crippen LogP) is 4.27. The number of esters is 1. The largest absolute Gasteiger partial charge is 0.459 e. The first-order valence-electron chi connectivity index (χ1n) is 22.4. The Hall–Kier alpha value is -3.44. The predicted molar refractivity (Wildman–Crippen MR) is 234 cm³/mol. The van der Waals surface area contributed by atoms with Crippen LogP contribution in [0.4, 0.5) is 4.79 Å². The van der Waals surface area contributed by atoms with E-state index in [1.807, 2.05) is 44.7 Å². The van der Waals surface area contributed by atoms with E-state index in [4.69, 9.17) is 18.9 Å². The molecule has 0 bridgehead atoms. The zero-order valence-electron chi connectivity index (χ0n) is 37.0. The molecule has 0 saturated carbocycles. The number of carbonyl (C=O) groups is 5. The Bertz CT molecular complexity index is 1620. The van der Waals surface area contributed by atoms with Gasteiger partial charge in [-0.25, -0.2) is 4.79 Å². The molecule has 5 heterocycles. The quantitative estimate of drug-likeness (QED) is 0.0226. The highest BCUT2D eigenvalue weighted by molar-refractivity contribution is 8.00. The zero-order chi connectivity index (χ0) is 44.2. The first kappa shape index (κ1) is 48.6. The lowest BCUT2D eigenvalue weighted by Crippen LogP contribution is -2.55. The van der Waals surface area contributed by atoms with Crippen molar-refractivity contribution in [2.45, 2.75) is 184 Å². The fourth-order valence-corrected chi connectivity index (χ4v) is 10.5. The Labute approximate surface area is 366 Å². The lowest BCUT2D eigenvalue weighted by Gasteiger charge is -2.44. The Balaban J connectivity index is 0.940. The van der Waals surface area contributed by atoms with Crippen molar-refractivity contribution in [3.63, 3.8) is 0 Å². The minimum atomic E-state index is -0.802. The van der Waals surface area contributed by atoms with E-state index in [1.54, 1.807) is 13.0 Å². The monoisotopic (exact) mass is 873 g/mol. The van der Waals surface area contributed by atoms with Crippen molar-refractivity contribution in [2.75, 3.05) is 25.4 Å². The Morgan fingerprint density at radius 1 is 1.02 bits per heavy atom. The molecule has 61 heavy (non-hydrogen) atoms. The number of ether oxygens (including phenoxy) is 4. The van der Waals surface area contributed by atoms with Crippen LogP contribution in [-0.2, 0) is 38.1 Å². The van der Waals surface area contributed by atoms with Gasteiger partial charge in [0.15, 0.2) is 0 Å². The Kier molecular flexibility index (Phi) is 18.1. The van der Waals surface area contributed by atoms with Crippen molar-refractivity contribution in [1.82, 2.24) is 26.6 Å². The average molecular weight is 874 g/mol. The summed E-state index contributed by atoms with van der Waals surface area (Å²) in [6, 6.07) is 0.221. The number of allylic oxidation sites excluding steroid dienone is 2. The molecule has 5 rings (SSSR count). The molecule has 16 heteroatoms. The van der Waals surface area contributed by atoms with Crippen molar-refractivity contribution in [1.29, 1.82) is 0 Å². The second-order valence-corrected chi connectivity index (χ2v) is 19.3. The first-order valence-corrected chi connectivity index (χ1v) is 23.5. The molecule has 342 valence electrons. The van der Waals surface area contributed by atoms with E-state index in [0.717, 1.165) is 56.3 Å². The number of urea groups is 1. The maximum atomic E-state index is 12.7. The van der Waals surface area contributed by atoms with Crippen LogP contribution in [0.1, 0.15) is 119 Å². The smallest absolute Gasteiger partial charge is 0.315 e. The van der Waals surface area contributed by atoms with E-state index in [-0.39, 0.29) is 60.0 Å². The highest BCUT2D eigenvalue weighted by Crippen LogP contribution is 2.47. The summed E-state index contributed by atoms with van der Waals surface area (Å²) in [5.74, 6) is 0.547. The van der Waals surface area contributed by atoms with Gasteiger partial charge in [0.05, 0.1) is 42.5 Å². The number of rotatable bonds is 22. The van der Waals surface area contributed by atoms with Crippen LogP contribution >= 0.6 is 11.8 Å². The van der Waals surface area contributed by atoms with Gasteiger partial charge in [0.1, 0.15) is 23.9 Å². The summed E-state index contributed by atoms with van der Waals surface area (Å²) in [6.07, 6.45) is 15.6. The molecule has 0 aliphatic carbocycles. The molecule has 5 fully saturated rings. The summed E-state index contributed by atoms with van der Waals surface area (Å²) in [7, 11) is 0.